The fraction of sp³-hybridized carbons (Fsp3) is 0.190. The minimum absolute atomic E-state index is 0.0256. The second-order valence-electron chi connectivity index (χ2n) is 5.47. The molecule has 0 aliphatic heterocycles. The van der Waals surface area contributed by atoms with Gasteiger partial charge in [-0.25, -0.2) is 4.79 Å². The van der Waals surface area contributed by atoms with Crippen molar-refractivity contribution in [3.05, 3.63) is 71.3 Å². The lowest BCUT2D eigenvalue weighted by molar-refractivity contribution is 0.0734. The SMILES string of the molecule is C=CCOc1ccc(OC(=O)c2ccc(CCC)cc2)c(C#N)c1C#N. The monoisotopic (exact) mass is 346 g/mol. The molecule has 0 spiro atoms. The second kappa shape index (κ2) is 9.05. The second-order valence-corrected chi connectivity index (χ2v) is 5.47. The van der Waals surface area contributed by atoms with Crippen LogP contribution in [-0.4, -0.2) is 12.6 Å². The number of nitrogens with zero attached hydrogens (tertiary/aromatic N) is 2. The maximum Gasteiger partial charge on any atom is 0.343 e. The van der Waals surface area contributed by atoms with Gasteiger partial charge in [-0.1, -0.05) is 38.1 Å². The molecule has 0 saturated heterocycles. The average molecular weight is 346 g/mol. The molecule has 5 heteroatoms. The van der Waals surface area contributed by atoms with Crippen molar-refractivity contribution in [2.24, 2.45) is 0 Å². The first-order valence-electron chi connectivity index (χ1n) is 8.16. The Hall–Kier alpha value is -3.57. The Morgan fingerprint density at radius 3 is 2.27 bits per heavy atom. The van der Waals surface area contributed by atoms with Crippen molar-refractivity contribution in [3.63, 3.8) is 0 Å². The van der Waals surface area contributed by atoms with Crippen molar-refractivity contribution in [2.45, 2.75) is 19.8 Å². The standard InChI is InChI=1S/C21H18N2O3/c1-3-5-15-6-8-16(9-7-15)21(24)26-20-11-10-19(25-12-4-2)17(13-22)18(20)14-23/h4,6-11H,2-3,5,12H2,1H3. The van der Waals surface area contributed by atoms with Crippen LogP contribution in [0.4, 0.5) is 0 Å². The number of hydrogen-bond acceptors (Lipinski definition) is 5. The van der Waals surface area contributed by atoms with Crippen LogP contribution in [0, 0.1) is 22.7 Å². The van der Waals surface area contributed by atoms with E-state index in [1.54, 1.807) is 12.1 Å². The minimum Gasteiger partial charge on any atom is -0.488 e. The molecular formula is C21H18N2O3. The van der Waals surface area contributed by atoms with Crippen LogP contribution in [0.15, 0.2) is 49.1 Å². The largest absolute Gasteiger partial charge is 0.488 e. The molecule has 130 valence electrons. The number of hydrogen-bond donors (Lipinski definition) is 0. The van der Waals surface area contributed by atoms with Crippen LogP contribution in [0.5, 0.6) is 11.5 Å². The summed E-state index contributed by atoms with van der Waals surface area (Å²) in [5, 5.41) is 18.7. The Morgan fingerprint density at radius 1 is 1.08 bits per heavy atom. The van der Waals surface area contributed by atoms with E-state index in [1.807, 2.05) is 24.3 Å². The zero-order chi connectivity index (χ0) is 18.9. The summed E-state index contributed by atoms with van der Waals surface area (Å²) >= 11 is 0. The van der Waals surface area contributed by atoms with Crippen LogP contribution in [0.3, 0.4) is 0 Å². The first-order valence-corrected chi connectivity index (χ1v) is 8.16. The molecule has 0 N–H and O–H groups in total. The first kappa shape index (κ1) is 18.8. The molecule has 0 aliphatic carbocycles. The third kappa shape index (κ3) is 4.28. The van der Waals surface area contributed by atoms with Crippen LogP contribution in [0.1, 0.15) is 40.4 Å². The molecular weight excluding hydrogens is 328 g/mol. The van der Waals surface area contributed by atoms with Gasteiger partial charge in [0.25, 0.3) is 0 Å². The van der Waals surface area contributed by atoms with E-state index in [9.17, 15) is 15.3 Å². The summed E-state index contributed by atoms with van der Waals surface area (Å²) < 4.78 is 10.7. The highest BCUT2D eigenvalue weighted by Crippen LogP contribution is 2.30. The molecule has 0 saturated carbocycles. The molecule has 0 heterocycles. The van der Waals surface area contributed by atoms with E-state index in [0.717, 1.165) is 18.4 Å². The number of esters is 1. The number of carbonyl (C=O) groups excluding carboxylic acids is 1. The number of aryl methyl sites for hydroxylation is 1. The zero-order valence-electron chi connectivity index (χ0n) is 14.5. The van der Waals surface area contributed by atoms with Gasteiger partial charge in [-0.15, -0.1) is 0 Å². The molecule has 0 unspecified atom stereocenters. The normalized spacial score (nSPS) is 9.65. The smallest absolute Gasteiger partial charge is 0.343 e. The van der Waals surface area contributed by atoms with E-state index in [-0.39, 0.29) is 29.2 Å². The molecule has 0 amide bonds. The summed E-state index contributed by atoms with van der Waals surface area (Å²) in [7, 11) is 0. The summed E-state index contributed by atoms with van der Waals surface area (Å²) in [5.74, 6) is -0.321. The third-order valence-corrected chi connectivity index (χ3v) is 3.64. The molecule has 2 aromatic carbocycles. The van der Waals surface area contributed by atoms with Gasteiger partial charge in [0.05, 0.1) is 5.56 Å². The lowest BCUT2D eigenvalue weighted by Crippen LogP contribution is -2.10. The molecule has 0 fully saturated rings. The summed E-state index contributed by atoms with van der Waals surface area (Å²) in [6.07, 6.45) is 3.49. The van der Waals surface area contributed by atoms with E-state index in [0.29, 0.717) is 5.56 Å². The van der Waals surface area contributed by atoms with Crippen molar-refractivity contribution < 1.29 is 14.3 Å². The molecule has 2 aromatic rings. The van der Waals surface area contributed by atoms with Crippen LogP contribution in [-0.2, 0) is 6.42 Å². The number of rotatable bonds is 7. The molecule has 0 bridgehead atoms. The van der Waals surface area contributed by atoms with Gasteiger partial charge in [0.15, 0.2) is 5.75 Å². The van der Waals surface area contributed by atoms with Crippen LogP contribution in [0.2, 0.25) is 0 Å². The minimum atomic E-state index is -0.590. The molecule has 0 aromatic heterocycles. The number of ether oxygens (including phenoxy) is 2. The Balaban J connectivity index is 2.28. The van der Waals surface area contributed by atoms with Gasteiger partial charge in [0.2, 0.25) is 0 Å². The Labute approximate surface area is 152 Å². The molecule has 5 nitrogen and oxygen atoms in total. The summed E-state index contributed by atoms with van der Waals surface area (Å²) in [5.41, 5.74) is 1.50. The van der Waals surface area contributed by atoms with Gasteiger partial charge in [-0.05, 0) is 36.2 Å². The molecule has 0 atom stereocenters. The van der Waals surface area contributed by atoms with Gasteiger partial charge in [0, 0.05) is 0 Å². The van der Waals surface area contributed by atoms with Gasteiger partial charge in [-0.2, -0.15) is 10.5 Å². The first-order chi connectivity index (χ1) is 12.6. The van der Waals surface area contributed by atoms with Gasteiger partial charge < -0.3 is 9.47 Å². The van der Waals surface area contributed by atoms with Crippen LogP contribution in [0.25, 0.3) is 0 Å². The molecule has 0 radical (unpaired) electrons. The Bertz CT molecular complexity index is 887. The van der Waals surface area contributed by atoms with E-state index < -0.39 is 5.97 Å². The van der Waals surface area contributed by atoms with Gasteiger partial charge in [0.1, 0.15) is 35.6 Å². The Kier molecular flexibility index (Phi) is 6.53. The van der Waals surface area contributed by atoms with E-state index in [4.69, 9.17) is 9.47 Å². The predicted octanol–water partition coefficient (Wildman–Crippen LogP) is 4.17. The maximum atomic E-state index is 12.3. The number of carbonyl (C=O) groups is 1. The van der Waals surface area contributed by atoms with E-state index in [1.165, 1.54) is 18.2 Å². The molecule has 0 aliphatic rings. The van der Waals surface area contributed by atoms with Gasteiger partial charge in [-0.3, -0.25) is 0 Å². The average Bonchev–Trinajstić information content (AvgIpc) is 2.67. The van der Waals surface area contributed by atoms with Crippen molar-refractivity contribution >= 4 is 5.97 Å². The lowest BCUT2D eigenvalue weighted by Gasteiger charge is -2.11. The van der Waals surface area contributed by atoms with Crippen molar-refractivity contribution in [1.82, 2.24) is 0 Å². The fourth-order valence-corrected chi connectivity index (χ4v) is 2.40. The lowest BCUT2D eigenvalue weighted by atomic mass is 10.1. The fourth-order valence-electron chi connectivity index (χ4n) is 2.40. The highest BCUT2D eigenvalue weighted by atomic mass is 16.5. The highest BCUT2D eigenvalue weighted by molar-refractivity contribution is 5.91. The van der Waals surface area contributed by atoms with Crippen molar-refractivity contribution in [2.75, 3.05) is 6.61 Å². The summed E-state index contributed by atoms with van der Waals surface area (Å²) in [6, 6.07) is 13.9. The van der Waals surface area contributed by atoms with E-state index >= 15 is 0 Å². The van der Waals surface area contributed by atoms with Crippen LogP contribution >= 0.6 is 0 Å². The maximum absolute atomic E-state index is 12.3. The predicted molar refractivity (Wildman–Crippen MR) is 97.0 cm³/mol. The summed E-state index contributed by atoms with van der Waals surface area (Å²) in [4.78, 5) is 12.3. The van der Waals surface area contributed by atoms with Crippen molar-refractivity contribution in [3.8, 4) is 23.6 Å². The van der Waals surface area contributed by atoms with Crippen molar-refractivity contribution in [1.29, 1.82) is 10.5 Å². The van der Waals surface area contributed by atoms with Gasteiger partial charge >= 0.3 is 5.97 Å². The third-order valence-electron chi connectivity index (χ3n) is 3.64. The molecule has 2 rings (SSSR count). The zero-order valence-corrected chi connectivity index (χ0v) is 14.5. The number of nitriles is 2. The summed E-state index contributed by atoms with van der Waals surface area (Å²) in [6.45, 7) is 5.82. The quantitative estimate of drug-likeness (QED) is 0.427. The Morgan fingerprint density at radius 2 is 1.69 bits per heavy atom. The number of benzene rings is 2. The topological polar surface area (TPSA) is 83.1 Å². The van der Waals surface area contributed by atoms with Crippen LogP contribution < -0.4 is 9.47 Å². The highest BCUT2D eigenvalue weighted by Gasteiger charge is 2.18. The van der Waals surface area contributed by atoms with E-state index in [2.05, 4.69) is 13.5 Å². The molecule has 26 heavy (non-hydrogen) atoms.